The summed E-state index contributed by atoms with van der Waals surface area (Å²) in [5.41, 5.74) is 0.565. The highest BCUT2D eigenvalue weighted by Crippen LogP contribution is 2.27. The summed E-state index contributed by atoms with van der Waals surface area (Å²) in [6.45, 7) is 1.78. The lowest BCUT2D eigenvalue weighted by Gasteiger charge is -2.34. The van der Waals surface area contributed by atoms with Crippen LogP contribution < -0.4 is 15.4 Å². The van der Waals surface area contributed by atoms with Crippen LogP contribution in [0.4, 0.5) is 8.78 Å². The third kappa shape index (κ3) is 6.31. The number of hydrogen-bond donors (Lipinski definition) is 2. The summed E-state index contributed by atoms with van der Waals surface area (Å²) >= 11 is 0. The molecule has 1 aliphatic heterocycles. The van der Waals surface area contributed by atoms with Gasteiger partial charge in [-0.05, 0) is 37.4 Å². The number of para-hydroxylation sites is 1. The zero-order valence-corrected chi connectivity index (χ0v) is 13.9. The fourth-order valence-corrected chi connectivity index (χ4v) is 2.62. The Hall–Kier alpha value is -1.40. The van der Waals surface area contributed by atoms with Gasteiger partial charge in [-0.15, -0.1) is 12.4 Å². The first-order chi connectivity index (χ1) is 10.5. The van der Waals surface area contributed by atoms with Crippen LogP contribution in [0.5, 0.6) is 5.75 Å². The van der Waals surface area contributed by atoms with Gasteiger partial charge in [-0.1, -0.05) is 25.1 Å². The summed E-state index contributed by atoms with van der Waals surface area (Å²) in [7, 11) is 0. The molecule has 0 aliphatic carbocycles. The highest BCUT2D eigenvalue weighted by Gasteiger charge is 2.27. The predicted octanol–water partition coefficient (Wildman–Crippen LogP) is 2.76. The van der Waals surface area contributed by atoms with Gasteiger partial charge in [0.05, 0.1) is 6.42 Å². The van der Waals surface area contributed by atoms with E-state index in [1.165, 1.54) is 6.07 Å². The molecule has 0 saturated carbocycles. The molecule has 0 radical (unpaired) electrons. The van der Waals surface area contributed by atoms with Crippen molar-refractivity contribution in [3.63, 3.8) is 0 Å². The monoisotopic (exact) mass is 348 g/mol. The third-order valence-electron chi connectivity index (χ3n) is 4.06. The largest absolute Gasteiger partial charge is 0.435 e. The molecular weight excluding hydrogens is 326 g/mol. The van der Waals surface area contributed by atoms with E-state index in [0.29, 0.717) is 12.1 Å². The van der Waals surface area contributed by atoms with Crippen LogP contribution in [-0.4, -0.2) is 32.2 Å². The smallest absolute Gasteiger partial charge is 0.387 e. The Kier molecular flexibility index (Phi) is 7.72. The van der Waals surface area contributed by atoms with Crippen molar-refractivity contribution in [2.75, 3.05) is 19.6 Å². The maximum atomic E-state index is 12.4. The van der Waals surface area contributed by atoms with E-state index in [9.17, 15) is 13.6 Å². The van der Waals surface area contributed by atoms with E-state index in [0.717, 1.165) is 25.9 Å². The SMILES string of the molecule is CC1(CNC(=O)Cc2ccccc2OC(F)F)CCNCC1.Cl. The highest BCUT2D eigenvalue weighted by atomic mass is 35.5. The van der Waals surface area contributed by atoms with Crippen LogP contribution in [0.2, 0.25) is 0 Å². The number of nitrogens with one attached hydrogen (secondary N) is 2. The van der Waals surface area contributed by atoms with Gasteiger partial charge in [0.2, 0.25) is 5.91 Å². The standard InChI is InChI=1S/C16H22F2N2O2.ClH/c1-16(6-8-19-9-7-16)11-20-14(21)10-12-4-2-3-5-13(12)22-15(17)18;/h2-5,15,19H,6-11H2,1H3,(H,20,21);1H. The van der Waals surface area contributed by atoms with Crippen LogP contribution in [0.3, 0.4) is 0 Å². The molecule has 0 spiro atoms. The van der Waals surface area contributed by atoms with Gasteiger partial charge >= 0.3 is 6.61 Å². The number of rotatable bonds is 6. The van der Waals surface area contributed by atoms with Crippen molar-refractivity contribution in [3.8, 4) is 5.75 Å². The molecule has 0 aromatic heterocycles. The van der Waals surface area contributed by atoms with E-state index in [2.05, 4.69) is 22.3 Å². The first-order valence-electron chi connectivity index (χ1n) is 7.49. The molecule has 1 amide bonds. The molecule has 7 heteroatoms. The fourth-order valence-electron chi connectivity index (χ4n) is 2.62. The number of hydrogen-bond acceptors (Lipinski definition) is 3. The molecule has 1 aliphatic rings. The minimum absolute atomic E-state index is 0. The summed E-state index contributed by atoms with van der Waals surface area (Å²) in [4.78, 5) is 12.1. The quantitative estimate of drug-likeness (QED) is 0.831. The van der Waals surface area contributed by atoms with Crippen molar-refractivity contribution in [2.45, 2.75) is 32.8 Å². The summed E-state index contributed by atoms with van der Waals surface area (Å²) in [5, 5.41) is 6.20. The Labute approximate surface area is 141 Å². The van der Waals surface area contributed by atoms with Crippen LogP contribution in [0.25, 0.3) is 0 Å². The second kappa shape index (κ2) is 9.03. The number of carbonyl (C=O) groups is 1. The number of benzene rings is 1. The molecule has 4 nitrogen and oxygen atoms in total. The van der Waals surface area contributed by atoms with Crippen LogP contribution in [0, 0.1) is 5.41 Å². The van der Waals surface area contributed by atoms with Gasteiger partial charge in [0, 0.05) is 12.1 Å². The maximum absolute atomic E-state index is 12.4. The van der Waals surface area contributed by atoms with Gasteiger partial charge in [-0.25, -0.2) is 0 Å². The van der Waals surface area contributed by atoms with Crippen molar-refractivity contribution in [3.05, 3.63) is 29.8 Å². The van der Waals surface area contributed by atoms with E-state index >= 15 is 0 Å². The van der Waals surface area contributed by atoms with E-state index < -0.39 is 6.61 Å². The highest BCUT2D eigenvalue weighted by molar-refractivity contribution is 5.85. The van der Waals surface area contributed by atoms with Gasteiger partial charge in [0.1, 0.15) is 5.75 Å². The van der Waals surface area contributed by atoms with Crippen molar-refractivity contribution in [1.82, 2.24) is 10.6 Å². The van der Waals surface area contributed by atoms with Crippen LogP contribution >= 0.6 is 12.4 Å². The van der Waals surface area contributed by atoms with Crippen molar-refractivity contribution >= 4 is 18.3 Å². The number of ether oxygens (including phenoxy) is 1. The normalized spacial score (nSPS) is 16.5. The Bertz CT molecular complexity index is 509. The predicted molar refractivity (Wildman–Crippen MR) is 87.2 cm³/mol. The lowest BCUT2D eigenvalue weighted by Crippen LogP contribution is -2.43. The molecule has 130 valence electrons. The number of halogens is 3. The van der Waals surface area contributed by atoms with Crippen LogP contribution in [0.1, 0.15) is 25.3 Å². The summed E-state index contributed by atoms with van der Waals surface area (Å²) in [6.07, 6.45) is 2.06. The molecule has 1 aromatic carbocycles. The van der Waals surface area contributed by atoms with E-state index in [1.807, 2.05) is 0 Å². The van der Waals surface area contributed by atoms with Crippen molar-refractivity contribution < 1.29 is 18.3 Å². The molecule has 1 aromatic rings. The molecule has 1 heterocycles. The van der Waals surface area contributed by atoms with Crippen LogP contribution in [-0.2, 0) is 11.2 Å². The molecular formula is C16H23ClF2N2O2. The lowest BCUT2D eigenvalue weighted by molar-refractivity contribution is -0.121. The van der Waals surface area contributed by atoms with Crippen molar-refractivity contribution in [2.24, 2.45) is 5.41 Å². The first kappa shape index (κ1) is 19.6. The van der Waals surface area contributed by atoms with Crippen LogP contribution in [0.15, 0.2) is 24.3 Å². The Morgan fingerprint density at radius 2 is 2.00 bits per heavy atom. The molecule has 0 unspecified atom stereocenters. The third-order valence-corrected chi connectivity index (χ3v) is 4.06. The van der Waals surface area contributed by atoms with Crippen molar-refractivity contribution in [1.29, 1.82) is 0 Å². The topological polar surface area (TPSA) is 50.4 Å². The zero-order valence-electron chi connectivity index (χ0n) is 13.1. The fraction of sp³-hybridized carbons (Fsp3) is 0.562. The second-order valence-electron chi connectivity index (χ2n) is 6.00. The summed E-state index contributed by atoms with van der Waals surface area (Å²) < 4.78 is 29.1. The molecule has 23 heavy (non-hydrogen) atoms. The number of alkyl halides is 2. The Morgan fingerprint density at radius 3 is 2.65 bits per heavy atom. The first-order valence-corrected chi connectivity index (χ1v) is 7.49. The lowest BCUT2D eigenvalue weighted by atomic mass is 9.81. The zero-order chi connectivity index (χ0) is 16.0. The van der Waals surface area contributed by atoms with E-state index in [-0.39, 0.29) is 35.9 Å². The van der Waals surface area contributed by atoms with Gasteiger partial charge in [-0.3, -0.25) is 4.79 Å². The average molecular weight is 349 g/mol. The number of carbonyl (C=O) groups excluding carboxylic acids is 1. The van der Waals surface area contributed by atoms with Gasteiger partial charge in [0.15, 0.2) is 0 Å². The summed E-state index contributed by atoms with van der Waals surface area (Å²) in [6, 6.07) is 6.39. The van der Waals surface area contributed by atoms with Gasteiger partial charge in [0.25, 0.3) is 0 Å². The van der Waals surface area contributed by atoms with Gasteiger partial charge in [-0.2, -0.15) is 8.78 Å². The molecule has 0 bridgehead atoms. The Balaban J connectivity index is 0.00000264. The molecule has 1 saturated heterocycles. The molecule has 0 atom stereocenters. The molecule has 2 rings (SSSR count). The van der Waals surface area contributed by atoms with E-state index in [4.69, 9.17) is 0 Å². The average Bonchev–Trinajstić information content (AvgIpc) is 2.48. The summed E-state index contributed by atoms with van der Waals surface area (Å²) in [5.74, 6) is -0.120. The number of amides is 1. The van der Waals surface area contributed by atoms with Gasteiger partial charge < -0.3 is 15.4 Å². The Morgan fingerprint density at radius 1 is 1.35 bits per heavy atom. The number of piperidine rings is 1. The second-order valence-corrected chi connectivity index (χ2v) is 6.00. The minimum atomic E-state index is -2.89. The minimum Gasteiger partial charge on any atom is -0.435 e. The molecule has 2 N–H and O–H groups in total. The maximum Gasteiger partial charge on any atom is 0.387 e. The van der Waals surface area contributed by atoms with E-state index in [1.54, 1.807) is 18.2 Å². The molecule has 1 fully saturated rings.